The topological polar surface area (TPSA) is 132 Å². The molecule has 0 saturated heterocycles. The van der Waals surface area contributed by atoms with Gasteiger partial charge in [0.25, 0.3) is 0 Å². The van der Waals surface area contributed by atoms with E-state index < -0.39 is 0 Å². The van der Waals surface area contributed by atoms with Crippen LogP contribution in [0.1, 0.15) is 123 Å². The first-order valence-corrected chi connectivity index (χ1v) is 20.7. The SMILES string of the molecule is CC(C)(C)c1ccc2c(c1)NC(=O)CC2.CC(C)(C)c1ccc2c(c1)NC(=O)NCC2.CC(C)(C)c1ccc2ccc(=O)[nH]c2c1.CC(C)(C)c1ccc2cn[nH]c2c1. The Morgan fingerprint density at radius 2 is 0.966 bits per heavy atom. The highest BCUT2D eigenvalue weighted by atomic mass is 16.2. The van der Waals surface area contributed by atoms with Gasteiger partial charge in [-0.3, -0.25) is 14.7 Å². The molecule has 5 N–H and O–H groups in total. The molecule has 2 aliphatic heterocycles. The van der Waals surface area contributed by atoms with Crippen molar-refractivity contribution < 1.29 is 9.59 Å². The zero-order valence-corrected chi connectivity index (χ0v) is 37.2. The van der Waals surface area contributed by atoms with Crippen LogP contribution >= 0.6 is 0 Å². The van der Waals surface area contributed by atoms with E-state index in [1.54, 1.807) is 6.07 Å². The highest BCUT2D eigenvalue weighted by molar-refractivity contribution is 5.94. The van der Waals surface area contributed by atoms with Crippen LogP contribution in [-0.4, -0.2) is 33.7 Å². The molecule has 9 nitrogen and oxygen atoms in total. The van der Waals surface area contributed by atoms with Crippen molar-refractivity contribution in [1.29, 1.82) is 0 Å². The number of nitrogens with zero attached hydrogens (tertiary/aromatic N) is 1. The molecule has 6 aromatic rings. The molecule has 8 rings (SSSR count). The van der Waals surface area contributed by atoms with E-state index >= 15 is 0 Å². The molecule has 0 fully saturated rings. The number of amides is 3. The van der Waals surface area contributed by atoms with Gasteiger partial charge in [0.15, 0.2) is 0 Å². The van der Waals surface area contributed by atoms with Gasteiger partial charge < -0.3 is 20.9 Å². The fourth-order valence-corrected chi connectivity index (χ4v) is 6.71. The van der Waals surface area contributed by atoms with Gasteiger partial charge in [-0.1, -0.05) is 132 Å². The van der Waals surface area contributed by atoms with Crippen LogP contribution in [0.15, 0.2) is 95.9 Å². The summed E-state index contributed by atoms with van der Waals surface area (Å²) in [5, 5.41) is 17.8. The smallest absolute Gasteiger partial charge is 0.319 e. The van der Waals surface area contributed by atoms with Gasteiger partial charge in [0.2, 0.25) is 11.5 Å². The minimum absolute atomic E-state index is 0.0476. The van der Waals surface area contributed by atoms with Crippen molar-refractivity contribution in [1.82, 2.24) is 20.5 Å². The van der Waals surface area contributed by atoms with E-state index in [1.807, 2.05) is 18.3 Å². The fraction of sp³-hybridized carbons (Fsp3) is 0.400. The number of hydrogen-bond acceptors (Lipinski definition) is 4. The molecule has 0 atom stereocenters. The van der Waals surface area contributed by atoms with Crippen LogP contribution < -0.4 is 21.5 Å². The zero-order valence-electron chi connectivity index (χ0n) is 37.2. The van der Waals surface area contributed by atoms with Gasteiger partial charge in [0.1, 0.15) is 0 Å². The van der Waals surface area contributed by atoms with Crippen LogP contribution in [0.5, 0.6) is 0 Å². The van der Waals surface area contributed by atoms with Crippen LogP contribution in [0.2, 0.25) is 0 Å². The molecule has 0 radical (unpaired) electrons. The molecule has 0 aliphatic carbocycles. The Hall–Kier alpha value is -5.70. The van der Waals surface area contributed by atoms with Gasteiger partial charge >= 0.3 is 6.03 Å². The third-order valence-electron chi connectivity index (χ3n) is 10.7. The molecule has 2 aliphatic rings. The Morgan fingerprint density at radius 3 is 1.54 bits per heavy atom. The second-order valence-electron chi connectivity index (χ2n) is 19.7. The van der Waals surface area contributed by atoms with Crippen LogP contribution in [0, 0.1) is 0 Å². The van der Waals surface area contributed by atoms with E-state index in [9.17, 15) is 14.4 Å². The minimum atomic E-state index is -0.107. The van der Waals surface area contributed by atoms with E-state index in [0.29, 0.717) is 13.0 Å². The van der Waals surface area contributed by atoms with Crippen molar-refractivity contribution in [3.63, 3.8) is 0 Å². The van der Waals surface area contributed by atoms with Gasteiger partial charge in [-0.05, 0) is 104 Å². The first-order chi connectivity index (χ1) is 27.5. The number of hydrogen-bond donors (Lipinski definition) is 5. The summed E-state index contributed by atoms with van der Waals surface area (Å²) in [5.41, 5.74) is 12.0. The molecule has 9 heteroatoms. The number of aromatic nitrogens is 3. The molecule has 3 amide bonds. The quantitative estimate of drug-likeness (QED) is 0.105. The second kappa shape index (κ2) is 17.7. The Kier molecular flexibility index (Phi) is 13.3. The Morgan fingerprint density at radius 1 is 0.492 bits per heavy atom. The number of carbonyl (C=O) groups is 2. The number of aryl methyl sites for hydroxylation is 1. The summed E-state index contributed by atoms with van der Waals surface area (Å²) >= 11 is 0. The Labute approximate surface area is 350 Å². The lowest BCUT2D eigenvalue weighted by Crippen LogP contribution is -2.27. The molecule has 0 bridgehead atoms. The van der Waals surface area contributed by atoms with E-state index in [2.05, 4.69) is 181 Å². The average Bonchev–Trinajstić information content (AvgIpc) is 3.54. The van der Waals surface area contributed by atoms with Crippen molar-refractivity contribution in [2.24, 2.45) is 0 Å². The third-order valence-corrected chi connectivity index (χ3v) is 10.7. The Balaban J connectivity index is 0.000000150. The molecule has 4 heterocycles. The molecule has 0 unspecified atom stereocenters. The number of pyridine rings is 1. The average molecular weight is 797 g/mol. The van der Waals surface area contributed by atoms with Crippen molar-refractivity contribution in [2.75, 3.05) is 17.2 Å². The zero-order chi connectivity index (χ0) is 43.3. The molecule has 59 heavy (non-hydrogen) atoms. The van der Waals surface area contributed by atoms with Crippen molar-refractivity contribution in [3.8, 4) is 0 Å². The van der Waals surface area contributed by atoms with E-state index in [0.717, 1.165) is 40.6 Å². The summed E-state index contributed by atoms with van der Waals surface area (Å²) in [4.78, 5) is 36.7. The molecule has 4 aromatic carbocycles. The van der Waals surface area contributed by atoms with Gasteiger partial charge in [-0.15, -0.1) is 0 Å². The third kappa shape index (κ3) is 12.2. The van der Waals surface area contributed by atoms with Gasteiger partial charge in [-0.25, -0.2) is 4.79 Å². The number of anilines is 2. The normalized spacial score (nSPS) is 14.0. The van der Waals surface area contributed by atoms with Gasteiger partial charge in [-0.2, -0.15) is 5.10 Å². The van der Waals surface area contributed by atoms with Crippen molar-refractivity contribution in [2.45, 2.75) is 124 Å². The number of aromatic amines is 2. The molecule has 0 spiro atoms. The standard InChI is InChI=1S/C13H18N2O.C13H17NO.C13H15NO.C11H14N2/c1-13(2,3)10-5-4-9-6-7-14-12(16)15-11(9)8-10;2*1-13(2,3)10-6-4-9-5-7-12(15)14-11(9)8-10;1-11(2,3)9-5-4-8-7-12-13-10(8)6-9/h4-5,8H,6-7H2,1-3H3,(H2,14,15,16);4,6,8H,5,7H2,1-3H3,(H,14,15);4-8H,1-3H3,(H,14,15);4-7H,1-3H3,(H,12,13). The lowest BCUT2D eigenvalue weighted by Gasteiger charge is -2.23. The van der Waals surface area contributed by atoms with E-state index in [4.69, 9.17) is 0 Å². The van der Waals surface area contributed by atoms with E-state index in [1.165, 1.54) is 38.8 Å². The summed E-state index contributed by atoms with van der Waals surface area (Å²) < 4.78 is 0. The number of fused-ring (bicyclic) bond motifs is 4. The number of urea groups is 1. The summed E-state index contributed by atoms with van der Waals surface area (Å²) in [5.74, 6) is 0.133. The van der Waals surface area contributed by atoms with Crippen LogP contribution in [0.4, 0.5) is 16.2 Å². The monoisotopic (exact) mass is 797 g/mol. The maximum absolute atomic E-state index is 11.4. The minimum Gasteiger partial charge on any atom is -0.338 e. The van der Waals surface area contributed by atoms with Gasteiger partial charge in [0, 0.05) is 41.3 Å². The summed E-state index contributed by atoms with van der Waals surface area (Å²) in [6.45, 7) is 26.9. The summed E-state index contributed by atoms with van der Waals surface area (Å²) in [6, 6.07) is 28.7. The number of carbonyl (C=O) groups excluding carboxylic acids is 2. The number of benzene rings is 4. The predicted molar refractivity (Wildman–Crippen MR) is 246 cm³/mol. The summed E-state index contributed by atoms with van der Waals surface area (Å²) in [7, 11) is 0. The largest absolute Gasteiger partial charge is 0.338 e. The first-order valence-electron chi connectivity index (χ1n) is 20.7. The highest BCUT2D eigenvalue weighted by Gasteiger charge is 2.20. The number of rotatable bonds is 0. The molecule has 312 valence electrons. The molecule has 2 aromatic heterocycles. The highest BCUT2D eigenvalue weighted by Crippen LogP contribution is 2.31. The molecular formula is C50H64N6O3. The van der Waals surface area contributed by atoms with Crippen molar-refractivity contribution >= 4 is 45.1 Å². The Bertz CT molecular complexity index is 2480. The summed E-state index contributed by atoms with van der Waals surface area (Å²) in [6.07, 6.45) is 4.22. The van der Waals surface area contributed by atoms with Crippen LogP contribution in [0.25, 0.3) is 21.8 Å². The lowest BCUT2D eigenvalue weighted by molar-refractivity contribution is -0.116. The van der Waals surface area contributed by atoms with Crippen LogP contribution in [0.3, 0.4) is 0 Å². The lowest BCUT2D eigenvalue weighted by atomic mass is 9.85. The predicted octanol–water partition coefficient (Wildman–Crippen LogP) is 11.2. The fourth-order valence-electron chi connectivity index (χ4n) is 6.71. The second-order valence-corrected chi connectivity index (χ2v) is 19.7. The maximum Gasteiger partial charge on any atom is 0.319 e. The van der Waals surface area contributed by atoms with Gasteiger partial charge in [0.05, 0.1) is 11.7 Å². The first kappa shape index (κ1) is 44.4. The number of H-pyrrole nitrogens is 2. The maximum atomic E-state index is 11.4. The van der Waals surface area contributed by atoms with Crippen molar-refractivity contribution in [3.05, 3.63) is 135 Å². The van der Waals surface area contributed by atoms with Crippen LogP contribution in [-0.2, 0) is 39.3 Å². The number of nitrogens with one attached hydrogen (secondary N) is 5. The molecule has 0 saturated carbocycles. The molecular weight excluding hydrogens is 733 g/mol. The van der Waals surface area contributed by atoms with E-state index in [-0.39, 0.29) is 39.2 Å².